The van der Waals surface area contributed by atoms with E-state index < -0.39 is 0 Å². The van der Waals surface area contributed by atoms with E-state index in [0.29, 0.717) is 0 Å². The molecular weight excluding hydrogens is 472 g/mol. The van der Waals surface area contributed by atoms with Crippen molar-refractivity contribution in [3.05, 3.63) is 93.7 Å². The Bertz CT molecular complexity index is 1550. The van der Waals surface area contributed by atoms with E-state index in [9.17, 15) is 0 Å². The topological polar surface area (TPSA) is 16.8 Å². The number of hydrogen-bond acceptors (Lipinski definition) is 1. The van der Waals surface area contributed by atoms with Crippen molar-refractivity contribution in [2.75, 3.05) is 0 Å². The van der Waals surface area contributed by atoms with Gasteiger partial charge in [-0.25, -0.2) is 4.98 Å². The maximum absolute atomic E-state index is 5.53. The summed E-state index contributed by atoms with van der Waals surface area (Å²) in [5, 5.41) is 0. The molecule has 3 aromatic carbocycles. The lowest BCUT2D eigenvalue weighted by atomic mass is 9.59. The molecule has 2 unspecified atom stereocenters. The average molecular weight is 518 g/mol. The molecule has 1 aliphatic heterocycles. The van der Waals surface area contributed by atoms with Crippen molar-refractivity contribution < 1.29 is 4.57 Å². The SMILES string of the molecule is CCCC1(C)[n+]2cc(-c3cc(C)cc(C)c3)nc(-c3cc(C)cc(C)c3)c2-c2cc(C)cc(C)c2C1(C)CC. The fourth-order valence-electron chi connectivity index (χ4n) is 7.59. The zero-order valence-electron chi connectivity index (χ0n) is 25.7. The highest BCUT2D eigenvalue weighted by molar-refractivity contribution is 5.82. The van der Waals surface area contributed by atoms with Crippen LogP contribution in [0.5, 0.6) is 0 Å². The van der Waals surface area contributed by atoms with E-state index in [-0.39, 0.29) is 11.0 Å². The Morgan fingerprint density at radius 1 is 0.692 bits per heavy atom. The van der Waals surface area contributed by atoms with Crippen LogP contribution >= 0.6 is 0 Å². The molecular formula is C37H45N2+. The first-order chi connectivity index (χ1) is 18.4. The molecule has 0 spiro atoms. The number of aryl methyl sites for hydroxylation is 6. The zero-order chi connectivity index (χ0) is 28.3. The standard InChI is InChI=1S/C37H45N2/c1-11-13-37(10)36(9,12-2)33-28(8)16-27(7)21-31(33)35-34(30-19-25(5)15-26(6)20-30)38-32(22-39(35)37)29-17-23(3)14-24(4)18-29/h14-22H,11-13H2,1-10H3/q+1. The van der Waals surface area contributed by atoms with Crippen molar-refractivity contribution in [1.82, 2.24) is 4.98 Å². The summed E-state index contributed by atoms with van der Waals surface area (Å²) in [6.07, 6.45) is 5.68. The Hall–Kier alpha value is -3.26. The summed E-state index contributed by atoms with van der Waals surface area (Å²) in [7, 11) is 0. The van der Waals surface area contributed by atoms with Gasteiger partial charge < -0.3 is 0 Å². The molecule has 0 fully saturated rings. The second kappa shape index (κ2) is 9.73. The summed E-state index contributed by atoms with van der Waals surface area (Å²) in [6.45, 7) is 23.0. The first-order valence-electron chi connectivity index (χ1n) is 14.7. The van der Waals surface area contributed by atoms with Crippen molar-refractivity contribution in [2.45, 2.75) is 99.5 Å². The highest BCUT2D eigenvalue weighted by Gasteiger charge is 2.58. The number of benzene rings is 3. The lowest BCUT2D eigenvalue weighted by Gasteiger charge is -2.47. The van der Waals surface area contributed by atoms with E-state index in [1.54, 1.807) is 0 Å². The maximum Gasteiger partial charge on any atom is 0.239 e. The smallest absolute Gasteiger partial charge is 0.234 e. The minimum Gasteiger partial charge on any atom is -0.234 e. The van der Waals surface area contributed by atoms with Crippen molar-refractivity contribution >= 4 is 0 Å². The van der Waals surface area contributed by atoms with Gasteiger partial charge in [0.2, 0.25) is 5.69 Å². The number of aromatic nitrogens is 2. The van der Waals surface area contributed by atoms with E-state index >= 15 is 0 Å². The number of hydrogen-bond donors (Lipinski definition) is 0. The molecule has 39 heavy (non-hydrogen) atoms. The molecule has 2 heteroatoms. The third kappa shape index (κ3) is 4.33. The molecule has 2 nitrogen and oxygen atoms in total. The molecule has 1 aliphatic rings. The van der Waals surface area contributed by atoms with Crippen LogP contribution in [0.25, 0.3) is 33.8 Å². The van der Waals surface area contributed by atoms with Crippen LogP contribution in [0, 0.1) is 41.5 Å². The summed E-state index contributed by atoms with van der Waals surface area (Å²) < 4.78 is 2.65. The Morgan fingerprint density at radius 3 is 1.77 bits per heavy atom. The molecule has 0 aliphatic carbocycles. The van der Waals surface area contributed by atoms with Crippen molar-refractivity contribution in [3.8, 4) is 33.8 Å². The molecule has 0 bridgehead atoms. The molecule has 0 radical (unpaired) electrons. The third-order valence-electron chi connectivity index (χ3n) is 9.41. The molecule has 202 valence electrons. The predicted molar refractivity (Wildman–Crippen MR) is 165 cm³/mol. The van der Waals surface area contributed by atoms with Gasteiger partial charge in [0, 0.05) is 24.5 Å². The fraction of sp³-hybridized carbons (Fsp3) is 0.405. The van der Waals surface area contributed by atoms with Crippen LogP contribution in [0.15, 0.2) is 54.7 Å². The zero-order valence-corrected chi connectivity index (χ0v) is 25.7. The summed E-state index contributed by atoms with van der Waals surface area (Å²) in [5.41, 5.74) is 16.3. The number of fused-ring (bicyclic) bond motifs is 3. The highest BCUT2D eigenvalue weighted by atomic mass is 15.1. The predicted octanol–water partition coefficient (Wildman–Crippen LogP) is 9.42. The lowest BCUT2D eigenvalue weighted by Crippen LogP contribution is -2.68. The van der Waals surface area contributed by atoms with Crippen LogP contribution in [-0.4, -0.2) is 4.98 Å². The molecule has 2 heterocycles. The molecule has 2 atom stereocenters. The van der Waals surface area contributed by atoms with Gasteiger partial charge in [0.15, 0.2) is 11.7 Å². The molecule has 1 aromatic heterocycles. The van der Waals surface area contributed by atoms with Gasteiger partial charge in [0.05, 0.1) is 11.0 Å². The molecule has 0 saturated heterocycles. The van der Waals surface area contributed by atoms with Gasteiger partial charge in [0.1, 0.15) is 11.4 Å². The molecule has 0 amide bonds. The van der Waals surface area contributed by atoms with Gasteiger partial charge in [-0.15, -0.1) is 0 Å². The summed E-state index contributed by atoms with van der Waals surface area (Å²) in [6, 6.07) is 18.5. The molecule has 0 saturated carbocycles. The van der Waals surface area contributed by atoms with Crippen molar-refractivity contribution in [1.29, 1.82) is 0 Å². The largest absolute Gasteiger partial charge is 0.239 e. The molecule has 5 rings (SSSR count). The first kappa shape index (κ1) is 27.3. The second-order valence-corrected chi connectivity index (χ2v) is 12.7. The highest BCUT2D eigenvalue weighted by Crippen LogP contribution is 2.53. The summed E-state index contributed by atoms with van der Waals surface area (Å²) in [5.74, 6) is 0. The van der Waals surface area contributed by atoms with Crippen LogP contribution in [0.4, 0.5) is 0 Å². The summed E-state index contributed by atoms with van der Waals surface area (Å²) >= 11 is 0. The van der Waals surface area contributed by atoms with Crippen LogP contribution in [-0.2, 0) is 11.0 Å². The normalized spacial score (nSPS) is 20.1. The van der Waals surface area contributed by atoms with Crippen LogP contribution in [0.3, 0.4) is 0 Å². The van der Waals surface area contributed by atoms with E-state index in [1.165, 1.54) is 61.3 Å². The minimum atomic E-state index is -0.108. The third-order valence-corrected chi connectivity index (χ3v) is 9.41. The maximum atomic E-state index is 5.53. The Morgan fingerprint density at radius 2 is 1.23 bits per heavy atom. The number of nitrogens with zero attached hydrogens (tertiary/aromatic N) is 2. The van der Waals surface area contributed by atoms with E-state index in [4.69, 9.17) is 4.98 Å². The Balaban J connectivity index is 2.01. The van der Waals surface area contributed by atoms with E-state index in [0.717, 1.165) is 30.7 Å². The monoisotopic (exact) mass is 517 g/mol. The Kier molecular flexibility index (Phi) is 6.82. The van der Waals surface area contributed by atoms with E-state index in [1.807, 2.05) is 0 Å². The molecule has 4 aromatic rings. The van der Waals surface area contributed by atoms with Gasteiger partial charge in [-0.1, -0.05) is 59.9 Å². The van der Waals surface area contributed by atoms with Crippen molar-refractivity contribution in [2.24, 2.45) is 0 Å². The molecule has 0 N–H and O–H groups in total. The number of rotatable bonds is 5. The second-order valence-electron chi connectivity index (χ2n) is 12.7. The summed E-state index contributed by atoms with van der Waals surface area (Å²) in [4.78, 5) is 5.53. The minimum absolute atomic E-state index is 0.0191. The Labute approximate surface area is 236 Å². The van der Waals surface area contributed by atoms with Gasteiger partial charge in [-0.05, 0) is 103 Å². The lowest BCUT2D eigenvalue weighted by molar-refractivity contribution is -0.765. The fourth-order valence-corrected chi connectivity index (χ4v) is 7.59. The first-order valence-corrected chi connectivity index (χ1v) is 14.7. The van der Waals surface area contributed by atoms with Gasteiger partial charge in [-0.2, -0.15) is 4.57 Å². The van der Waals surface area contributed by atoms with Gasteiger partial charge in [-0.3, -0.25) is 0 Å². The quantitative estimate of drug-likeness (QED) is 0.241. The van der Waals surface area contributed by atoms with Crippen molar-refractivity contribution in [3.63, 3.8) is 0 Å². The van der Waals surface area contributed by atoms with Crippen LogP contribution < -0.4 is 4.57 Å². The average Bonchev–Trinajstić information content (AvgIpc) is 2.85. The van der Waals surface area contributed by atoms with Gasteiger partial charge in [0.25, 0.3) is 0 Å². The van der Waals surface area contributed by atoms with Gasteiger partial charge >= 0.3 is 0 Å². The van der Waals surface area contributed by atoms with E-state index in [2.05, 4.69) is 129 Å². The van der Waals surface area contributed by atoms with Crippen LogP contribution in [0.1, 0.15) is 85.9 Å². The van der Waals surface area contributed by atoms with Crippen LogP contribution in [0.2, 0.25) is 0 Å².